The highest BCUT2D eigenvalue weighted by atomic mass is 16.5. The topological polar surface area (TPSA) is 221 Å². The van der Waals surface area contributed by atoms with Gasteiger partial charge in [0, 0.05) is 43.2 Å². The zero-order valence-corrected chi connectivity index (χ0v) is 30.2. The molecule has 0 saturated heterocycles. The van der Waals surface area contributed by atoms with Gasteiger partial charge in [-0.15, -0.1) is 0 Å². The molecule has 282 valence electrons. The molecule has 0 fully saturated rings. The van der Waals surface area contributed by atoms with Gasteiger partial charge in [0.05, 0.1) is 13.1 Å². The largest absolute Gasteiger partial charge is 0.492 e. The fourth-order valence-electron chi connectivity index (χ4n) is 6.04. The number of nitrogens with zero attached hydrogens (tertiary/aromatic N) is 1. The molecule has 0 radical (unpaired) electrons. The van der Waals surface area contributed by atoms with Gasteiger partial charge in [0.15, 0.2) is 0 Å². The Labute approximate surface area is 313 Å². The Hall–Kier alpha value is -6.25. The van der Waals surface area contributed by atoms with Gasteiger partial charge in [0.1, 0.15) is 36.8 Å². The summed E-state index contributed by atoms with van der Waals surface area (Å²) in [7, 11) is 1.43. The van der Waals surface area contributed by atoms with E-state index >= 15 is 0 Å². The molecule has 2 atom stereocenters. The number of rotatable bonds is 12. The standard InChI is InChI=1S/C40H45N7O7/c1-24-3-6-26(7-4-24)27-8-10-28(11-9-27)39(51)45-23-36(49)47(2)37-29-12-14-34(54-18-16-42)31(21-29)30-19-25(5-13-33(30)53-17-15-41)20-32(38(43)50)46-35(48)22-44-40(37)52/h3-14,19,21,32,37H,15-18,20,22-23,41-42H2,1-2H3,(H2,43,50)(H,44,52)(H,45,51)(H,46,48). The van der Waals surface area contributed by atoms with Crippen molar-refractivity contribution in [3.05, 3.63) is 107 Å². The van der Waals surface area contributed by atoms with Crippen molar-refractivity contribution >= 4 is 29.5 Å². The molecule has 14 heteroatoms. The Kier molecular flexibility index (Phi) is 13.0. The normalized spacial score (nSPS) is 15.6. The van der Waals surface area contributed by atoms with Crippen LogP contribution < -0.4 is 42.6 Å². The maximum atomic E-state index is 13.9. The molecule has 9 N–H and O–H groups in total. The van der Waals surface area contributed by atoms with Crippen molar-refractivity contribution in [1.82, 2.24) is 20.9 Å². The zero-order chi connectivity index (χ0) is 38.8. The van der Waals surface area contributed by atoms with Gasteiger partial charge in [0.25, 0.3) is 5.91 Å². The van der Waals surface area contributed by atoms with Gasteiger partial charge < -0.3 is 47.5 Å². The van der Waals surface area contributed by atoms with Gasteiger partial charge in [-0.25, -0.2) is 0 Å². The van der Waals surface area contributed by atoms with Crippen LogP contribution >= 0.6 is 0 Å². The van der Waals surface area contributed by atoms with Crippen molar-refractivity contribution in [3.63, 3.8) is 0 Å². The highest BCUT2D eigenvalue weighted by Gasteiger charge is 2.31. The fraction of sp³-hybridized carbons (Fsp3) is 0.275. The van der Waals surface area contributed by atoms with Crippen molar-refractivity contribution in [2.24, 2.45) is 17.2 Å². The maximum Gasteiger partial charge on any atom is 0.251 e. The molecule has 2 unspecified atom stereocenters. The number of fused-ring (bicyclic) bond motifs is 5. The van der Waals surface area contributed by atoms with Gasteiger partial charge >= 0.3 is 0 Å². The Morgan fingerprint density at radius 2 is 1.43 bits per heavy atom. The number of aryl methyl sites for hydroxylation is 1. The Balaban J connectivity index is 1.47. The highest BCUT2D eigenvalue weighted by molar-refractivity contribution is 5.98. The second-order valence-corrected chi connectivity index (χ2v) is 12.8. The molecule has 4 bridgehead atoms. The lowest BCUT2D eigenvalue weighted by atomic mass is 9.94. The van der Waals surface area contributed by atoms with Crippen LogP contribution in [0.15, 0.2) is 84.9 Å². The molecule has 5 rings (SSSR count). The smallest absolute Gasteiger partial charge is 0.251 e. The fourth-order valence-corrected chi connectivity index (χ4v) is 6.04. The molecule has 0 spiro atoms. The Morgan fingerprint density at radius 3 is 2.04 bits per heavy atom. The zero-order valence-electron chi connectivity index (χ0n) is 30.2. The molecule has 54 heavy (non-hydrogen) atoms. The van der Waals surface area contributed by atoms with E-state index in [1.54, 1.807) is 48.5 Å². The van der Waals surface area contributed by atoms with Crippen LogP contribution in [0.4, 0.5) is 0 Å². The Morgan fingerprint density at radius 1 is 0.833 bits per heavy atom. The van der Waals surface area contributed by atoms with Crippen molar-refractivity contribution in [2.45, 2.75) is 25.4 Å². The molecule has 14 nitrogen and oxygen atoms in total. The molecular formula is C40H45N7O7. The lowest BCUT2D eigenvalue weighted by molar-refractivity contribution is -0.139. The van der Waals surface area contributed by atoms with E-state index in [2.05, 4.69) is 16.0 Å². The van der Waals surface area contributed by atoms with Gasteiger partial charge in [0.2, 0.25) is 23.6 Å². The minimum Gasteiger partial charge on any atom is -0.492 e. The SMILES string of the molecule is Cc1ccc(-c2ccc(C(=O)NCC(=O)N(C)C3C(=O)NCC(=O)NC(C(N)=O)Cc4ccc(OCCN)c(c4)-c4cc3ccc4OCCN)cc2)cc1. The van der Waals surface area contributed by atoms with E-state index in [9.17, 15) is 24.0 Å². The predicted molar refractivity (Wildman–Crippen MR) is 203 cm³/mol. The number of hydrogen-bond acceptors (Lipinski definition) is 9. The van der Waals surface area contributed by atoms with Crippen LogP contribution in [0.2, 0.25) is 0 Å². The van der Waals surface area contributed by atoms with E-state index in [0.29, 0.717) is 39.3 Å². The van der Waals surface area contributed by atoms with Gasteiger partial charge in [-0.1, -0.05) is 54.1 Å². The molecule has 0 saturated carbocycles. The molecule has 1 aliphatic heterocycles. The van der Waals surface area contributed by atoms with Crippen LogP contribution in [0.1, 0.15) is 33.1 Å². The summed E-state index contributed by atoms with van der Waals surface area (Å²) in [6, 6.07) is 22.9. The molecule has 0 aliphatic carbocycles. The first-order valence-corrected chi connectivity index (χ1v) is 17.5. The number of carbonyl (C=O) groups excluding carboxylic acids is 5. The lowest BCUT2D eigenvalue weighted by Crippen LogP contribution is -2.50. The van der Waals surface area contributed by atoms with E-state index in [1.165, 1.54) is 11.9 Å². The second-order valence-electron chi connectivity index (χ2n) is 12.8. The minimum atomic E-state index is -1.27. The van der Waals surface area contributed by atoms with Crippen LogP contribution in [-0.4, -0.2) is 86.9 Å². The summed E-state index contributed by atoms with van der Waals surface area (Å²) in [6.07, 6.45) is 0.0559. The molecule has 4 aromatic carbocycles. The number of benzene rings is 4. The van der Waals surface area contributed by atoms with Crippen LogP contribution in [0, 0.1) is 6.92 Å². The number of nitrogens with two attached hydrogens (primary N) is 3. The summed E-state index contributed by atoms with van der Waals surface area (Å²) < 4.78 is 12.0. The molecule has 1 aliphatic rings. The number of nitrogens with one attached hydrogen (secondary N) is 3. The molecule has 1 heterocycles. The molecule has 5 amide bonds. The summed E-state index contributed by atoms with van der Waals surface area (Å²) >= 11 is 0. The quantitative estimate of drug-likeness (QED) is 0.124. The lowest BCUT2D eigenvalue weighted by Gasteiger charge is -2.29. The number of amides is 5. The first-order chi connectivity index (χ1) is 26.0. The van der Waals surface area contributed by atoms with Crippen LogP contribution in [0.3, 0.4) is 0 Å². The van der Waals surface area contributed by atoms with Crippen molar-refractivity contribution in [2.75, 3.05) is 46.4 Å². The monoisotopic (exact) mass is 735 g/mol. The van der Waals surface area contributed by atoms with Gasteiger partial charge in [-0.05, 0) is 65.6 Å². The summed E-state index contributed by atoms with van der Waals surface area (Å²) in [5.41, 5.74) is 22.7. The van der Waals surface area contributed by atoms with E-state index in [-0.39, 0.29) is 32.7 Å². The van der Waals surface area contributed by atoms with E-state index < -0.39 is 54.7 Å². The van der Waals surface area contributed by atoms with Gasteiger partial charge in [-0.3, -0.25) is 24.0 Å². The van der Waals surface area contributed by atoms with Crippen molar-refractivity contribution in [3.8, 4) is 33.8 Å². The van der Waals surface area contributed by atoms with Crippen molar-refractivity contribution in [1.29, 1.82) is 0 Å². The van der Waals surface area contributed by atoms with Crippen molar-refractivity contribution < 1.29 is 33.4 Å². The number of carbonyl (C=O) groups is 5. The average Bonchev–Trinajstić information content (AvgIpc) is 3.17. The Bertz CT molecular complexity index is 2000. The molecular weight excluding hydrogens is 690 g/mol. The summed E-state index contributed by atoms with van der Waals surface area (Å²) in [5.74, 6) is -2.33. The second kappa shape index (κ2) is 18.0. The average molecular weight is 736 g/mol. The van der Waals surface area contributed by atoms with E-state index in [1.807, 2.05) is 43.3 Å². The van der Waals surface area contributed by atoms with Crippen LogP contribution in [0.25, 0.3) is 22.3 Å². The third-order valence-electron chi connectivity index (χ3n) is 8.91. The minimum absolute atomic E-state index is 0.0559. The first kappa shape index (κ1) is 39.0. The number of primary amides is 1. The first-order valence-electron chi connectivity index (χ1n) is 17.5. The van der Waals surface area contributed by atoms with E-state index in [0.717, 1.165) is 16.7 Å². The summed E-state index contributed by atoms with van der Waals surface area (Å²) in [4.78, 5) is 67.3. The van der Waals surface area contributed by atoms with Crippen LogP contribution in [-0.2, 0) is 25.6 Å². The maximum absolute atomic E-state index is 13.9. The van der Waals surface area contributed by atoms with Crippen LogP contribution in [0.5, 0.6) is 11.5 Å². The van der Waals surface area contributed by atoms with E-state index in [4.69, 9.17) is 26.7 Å². The number of hydrogen-bond donors (Lipinski definition) is 6. The third kappa shape index (κ3) is 9.59. The highest BCUT2D eigenvalue weighted by Crippen LogP contribution is 2.40. The molecule has 4 aromatic rings. The molecule has 0 aromatic heterocycles. The summed E-state index contributed by atoms with van der Waals surface area (Å²) in [5, 5.41) is 7.81. The number of likely N-dealkylation sites (N-methyl/N-ethyl adjacent to an activating group) is 1. The van der Waals surface area contributed by atoms with Gasteiger partial charge in [-0.2, -0.15) is 0 Å². The number of ether oxygens (including phenoxy) is 2. The predicted octanol–water partition coefficient (Wildman–Crippen LogP) is 1.58. The summed E-state index contributed by atoms with van der Waals surface area (Å²) in [6.45, 7) is 1.91. The third-order valence-corrected chi connectivity index (χ3v) is 8.91.